The third kappa shape index (κ3) is 8.58. The summed E-state index contributed by atoms with van der Waals surface area (Å²) in [6, 6.07) is 0. The van der Waals surface area contributed by atoms with Gasteiger partial charge < -0.3 is 24.8 Å². The Morgan fingerprint density at radius 1 is 1.08 bits per heavy atom. The summed E-state index contributed by atoms with van der Waals surface area (Å²) in [6.45, 7) is 2.47. The van der Waals surface area contributed by atoms with Crippen LogP contribution in [0.15, 0.2) is 12.2 Å². The Bertz CT molecular complexity index is 321. The van der Waals surface area contributed by atoms with Crippen LogP contribution in [-0.4, -0.2) is 59.6 Å². The van der Waals surface area contributed by atoms with Gasteiger partial charge in [0.05, 0.1) is 19.8 Å². The number of aliphatic hydroxyl groups excluding tert-OH is 3. The van der Waals surface area contributed by atoms with Gasteiger partial charge in [-0.2, -0.15) is 0 Å². The second kappa shape index (κ2) is 13.8. The third-order valence-electron chi connectivity index (χ3n) is 4.46. The molecule has 0 aromatic heterocycles. The van der Waals surface area contributed by atoms with Gasteiger partial charge in [0.1, 0.15) is 24.4 Å². The molecule has 1 saturated heterocycles. The maximum absolute atomic E-state index is 9.82. The van der Waals surface area contributed by atoms with E-state index in [9.17, 15) is 10.2 Å². The van der Waals surface area contributed by atoms with Crippen LogP contribution in [0, 0.1) is 0 Å². The summed E-state index contributed by atoms with van der Waals surface area (Å²) in [6.07, 6.45) is 12.5. The quantitative estimate of drug-likeness (QED) is 0.333. The van der Waals surface area contributed by atoms with Crippen LogP contribution >= 0.6 is 0 Å². The number of unbranched alkanes of at least 4 members (excludes halogenated alkanes) is 7. The molecule has 1 aliphatic heterocycles. The van der Waals surface area contributed by atoms with Crippen molar-refractivity contribution in [3.05, 3.63) is 12.2 Å². The van der Waals surface area contributed by atoms with E-state index < -0.39 is 31.0 Å². The number of ether oxygens (including phenoxy) is 2. The molecule has 0 unspecified atom stereocenters. The Morgan fingerprint density at radius 3 is 2.46 bits per heavy atom. The van der Waals surface area contributed by atoms with Crippen LogP contribution in [0.2, 0.25) is 0 Å². The molecule has 0 saturated carbocycles. The minimum atomic E-state index is -1.01. The highest BCUT2D eigenvalue weighted by molar-refractivity contribution is 4.89. The maximum atomic E-state index is 9.82. The van der Waals surface area contributed by atoms with E-state index >= 15 is 0 Å². The zero-order valence-corrected chi connectivity index (χ0v) is 15.1. The molecule has 0 aliphatic carbocycles. The fraction of sp³-hybridized carbons (Fsp3) is 0.895. The summed E-state index contributed by atoms with van der Waals surface area (Å²) in [5.41, 5.74) is 0. The zero-order chi connectivity index (χ0) is 17.6. The van der Waals surface area contributed by atoms with E-state index in [0.717, 1.165) is 12.8 Å². The minimum absolute atomic E-state index is 0.139. The van der Waals surface area contributed by atoms with E-state index in [-0.39, 0.29) is 6.61 Å². The number of aliphatic hydroxyl groups is 3. The summed E-state index contributed by atoms with van der Waals surface area (Å²) < 4.78 is 10.9. The first kappa shape index (κ1) is 21.6. The van der Waals surface area contributed by atoms with Crippen molar-refractivity contribution in [2.45, 2.75) is 89.1 Å². The molecule has 142 valence electrons. The number of hydrogen-bond acceptors (Lipinski definition) is 5. The van der Waals surface area contributed by atoms with Gasteiger partial charge >= 0.3 is 0 Å². The molecule has 0 aromatic rings. The van der Waals surface area contributed by atoms with Crippen LogP contribution < -0.4 is 0 Å². The third-order valence-corrected chi connectivity index (χ3v) is 4.46. The zero-order valence-electron chi connectivity index (χ0n) is 15.1. The van der Waals surface area contributed by atoms with Gasteiger partial charge in [0.2, 0.25) is 0 Å². The Kier molecular flexibility index (Phi) is 12.4. The van der Waals surface area contributed by atoms with Gasteiger partial charge in [-0.25, -0.2) is 0 Å². The summed E-state index contributed by atoms with van der Waals surface area (Å²) in [4.78, 5) is 0. The van der Waals surface area contributed by atoms with Gasteiger partial charge in [0, 0.05) is 0 Å². The summed E-state index contributed by atoms with van der Waals surface area (Å²) in [5.74, 6) is 0. The van der Waals surface area contributed by atoms with Crippen molar-refractivity contribution >= 4 is 0 Å². The van der Waals surface area contributed by atoms with Crippen LogP contribution in [0.4, 0.5) is 0 Å². The first-order valence-corrected chi connectivity index (χ1v) is 9.55. The highest BCUT2D eigenvalue weighted by Crippen LogP contribution is 2.21. The van der Waals surface area contributed by atoms with Crippen LogP contribution in [0.3, 0.4) is 0 Å². The Hall–Kier alpha value is -0.460. The normalized spacial score (nSPS) is 25.6. The lowest BCUT2D eigenvalue weighted by molar-refractivity contribution is -0.0924. The van der Waals surface area contributed by atoms with Gasteiger partial charge in [0.25, 0.3) is 0 Å². The van der Waals surface area contributed by atoms with Crippen LogP contribution in [0.1, 0.15) is 64.7 Å². The summed E-state index contributed by atoms with van der Waals surface area (Å²) in [7, 11) is 0. The molecule has 0 spiro atoms. The van der Waals surface area contributed by atoms with Crippen molar-refractivity contribution in [2.75, 3.05) is 19.8 Å². The van der Waals surface area contributed by atoms with E-state index in [4.69, 9.17) is 14.6 Å². The number of rotatable bonds is 14. The molecular formula is C19H36O5. The van der Waals surface area contributed by atoms with E-state index in [1.54, 1.807) is 0 Å². The van der Waals surface area contributed by atoms with E-state index in [2.05, 4.69) is 19.1 Å². The molecular weight excluding hydrogens is 308 g/mol. The van der Waals surface area contributed by atoms with Crippen molar-refractivity contribution in [3.8, 4) is 0 Å². The first-order chi connectivity index (χ1) is 11.7. The second-order valence-corrected chi connectivity index (χ2v) is 6.62. The van der Waals surface area contributed by atoms with E-state index in [0.29, 0.717) is 6.61 Å². The average Bonchev–Trinajstić information content (AvgIpc) is 2.96. The van der Waals surface area contributed by atoms with E-state index in [1.165, 1.54) is 44.9 Å². The Morgan fingerprint density at radius 2 is 1.75 bits per heavy atom. The lowest BCUT2D eigenvalue weighted by Crippen LogP contribution is -2.42. The lowest BCUT2D eigenvalue weighted by Gasteiger charge is -2.23. The van der Waals surface area contributed by atoms with Crippen LogP contribution in [0.5, 0.6) is 0 Å². The number of allylic oxidation sites excluding steroid dienone is 1. The van der Waals surface area contributed by atoms with Crippen LogP contribution in [0.25, 0.3) is 0 Å². The monoisotopic (exact) mass is 344 g/mol. The highest BCUT2D eigenvalue weighted by Gasteiger charge is 2.40. The molecule has 4 atom stereocenters. The van der Waals surface area contributed by atoms with Crippen molar-refractivity contribution < 1.29 is 24.8 Å². The van der Waals surface area contributed by atoms with Crippen LogP contribution in [-0.2, 0) is 9.47 Å². The molecule has 5 nitrogen and oxygen atoms in total. The van der Waals surface area contributed by atoms with Gasteiger partial charge in [-0.05, 0) is 19.3 Å². The molecule has 0 aromatic carbocycles. The molecule has 0 bridgehead atoms. The van der Waals surface area contributed by atoms with Gasteiger partial charge in [-0.3, -0.25) is 0 Å². The smallest absolute Gasteiger partial charge is 0.114 e. The molecule has 0 radical (unpaired) electrons. The average molecular weight is 344 g/mol. The topological polar surface area (TPSA) is 79.2 Å². The molecule has 0 amide bonds. The molecule has 5 heteroatoms. The molecule has 3 N–H and O–H groups in total. The fourth-order valence-electron chi connectivity index (χ4n) is 2.99. The second-order valence-electron chi connectivity index (χ2n) is 6.62. The largest absolute Gasteiger partial charge is 0.394 e. The van der Waals surface area contributed by atoms with Crippen molar-refractivity contribution in [3.63, 3.8) is 0 Å². The maximum Gasteiger partial charge on any atom is 0.114 e. The minimum Gasteiger partial charge on any atom is -0.394 e. The van der Waals surface area contributed by atoms with Gasteiger partial charge in [0.15, 0.2) is 0 Å². The molecule has 1 aliphatic rings. The Balaban J connectivity index is 2.02. The van der Waals surface area contributed by atoms with Gasteiger partial charge in [-0.15, -0.1) is 0 Å². The predicted molar refractivity (Wildman–Crippen MR) is 94.9 cm³/mol. The van der Waals surface area contributed by atoms with Crippen molar-refractivity contribution in [1.82, 2.24) is 0 Å². The summed E-state index contributed by atoms with van der Waals surface area (Å²) in [5, 5.41) is 28.5. The van der Waals surface area contributed by atoms with Crippen molar-refractivity contribution in [1.29, 1.82) is 0 Å². The first-order valence-electron chi connectivity index (χ1n) is 9.55. The van der Waals surface area contributed by atoms with Crippen molar-refractivity contribution in [2.24, 2.45) is 0 Å². The predicted octanol–water partition coefficient (Wildman–Crippen LogP) is 2.57. The standard InChI is InChI=1S/C19H36O5/c1-2-3-4-5-6-7-8-9-10-11-12-13-23-19-17(22)15-24-18(19)16(21)14-20/h10-11,16-22H,2-9,12-15H2,1H3/b11-10+/t16-,17+,18-,19-/m0/s1. The van der Waals surface area contributed by atoms with E-state index in [1.807, 2.05) is 0 Å². The molecule has 1 rings (SSSR count). The van der Waals surface area contributed by atoms with Gasteiger partial charge in [-0.1, -0.05) is 57.6 Å². The highest BCUT2D eigenvalue weighted by atomic mass is 16.6. The summed E-state index contributed by atoms with van der Waals surface area (Å²) >= 11 is 0. The molecule has 1 heterocycles. The SMILES string of the molecule is CCCCCCCCC/C=C/CCO[C@@H]1[C@H]([C@@H](O)CO)OC[C@H]1O. The molecule has 24 heavy (non-hydrogen) atoms. The molecule has 1 fully saturated rings. The fourth-order valence-corrected chi connectivity index (χ4v) is 2.99. The Labute approximate surface area is 146 Å². The lowest BCUT2D eigenvalue weighted by atomic mass is 10.1. The number of hydrogen-bond donors (Lipinski definition) is 3.